The molecule has 0 bridgehead atoms. The molecule has 1 atom stereocenters. The Morgan fingerprint density at radius 2 is 1.69 bits per heavy atom. The second kappa shape index (κ2) is 15.1. The zero-order valence-electron chi connectivity index (χ0n) is 23.2. The molecule has 1 fully saturated rings. The number of likely N-dealkylation sites (tertiary alicyclic amines) is 1. The summed E-state index contributed by atoms with van der Waals surface area (Å²) in [4.78, 5) is 36.3. The molecule has 0 aliphatic carbocycles. The summed E-state index contributed by atoms with van der Waals surface area (Å²) in [5.41, 5.74) is 1.52. The summed E-state index contributed by atoms with van der Waals surface area (Å²) in [5, 5.41) is 19.0. The summed E-state index contributed by atoms with van der Waals surface area (Å²) in [6.07, 6.45) is 1.99. The topological polar surface area (TPSA) is 117 Å². The molecular formula is C29H40FN5O4. The van der Waals surface area contributed by atoms with Gasteiger partial charge in [-0.15, -0.1) is 0 Å². The van der Waals surface area contributed by atoms with Crippen LogP contribution >= 0.6 is 0 Å². The van der Waals surface area contributed by atoms with Gasteiger partial charge >= 0.3 is 0 Å². The Morgan fingerprint density at radius 1 is 1.08 bits per heavy atom. The average Bonchev–Trinajstić information content (AvgIpc) is 3.59. The predicted octanol–water partition coefficient (Wildman–Crippen LogP) is 3.00. The first-order chi connectivity index (χ1) is 18.7. The summed E-state index contributed by atoms with van der Waals surface area (Å²) >= 11 is 0. The first-order valence-electron chi connectivity index (χ1n) is 13.0. The van der Waals surface area contributed by atoms with E-state index in [2.05, 4.69) is 15.7 Å². The zero-order chi connectivity index (χ0) is 29.0. The lowest BCUT2D eigenvalue weighted by molar-refractivity contribution is -0.134. The van der Waals surface area contributed by atoms with Gasteiger partial charge in [0, 0.05) is 25.0 Å². The van der Waals surface area contributed by atoms with Crippen LogP contribution in [0.1, 0.15) is 49.7 Å². The maximum atomic E-state index is 13.3. The molecule has 3 aromatic rings. The molecule has 1 saturated heterocycles. The highest BCUT2D eigenvalue weighted by atomic mass is 19.1. The number of benzene rings is 2. The lowest BCUT2D eigenvalue weighted by Gasteiger charge is -2.33. The molecule has 10 heteroatoms. The minimum atomic E-state index is -0.644. The van der Waals surface area contributed by atoms with Crippen molar-refractivity contribution in [1.82, 2.24) is 25.3 Å². The minimum Gasteiger partial charge on any atom is -0.395 e. The van der Waals surface area contributed by atoms with E-state index >= 15 is 0 Å². The van der Waals surface area contributed by atoms with Gasteiger partial charge in [-0.05, 0) is 49.1 Å². The number of nitrogens with zero attached hydrogens (tertiary/aromatic N) is 3. The van der Waals surface area contributed by atoms with Crippen LogP contribution in [0.4, 0.5) is 4.39 Å². The maximum Gasteiger partial charge on any atom is 0.273 e. The Balaban J connectivity index is 0.000000686. The number of hydrogen-bond acceptors (Lipinski definition) is 6. The molecule has 1 aromatic heterocycles. The van der Waals surface area contributed by atoms with Crippen molar-refractivity contribution >= 4 is 29.5 Å². The van der Waals surface area contributed by atoms with Crippen molar-refractivity contribution in [2.75, 3.05) is 33.3 Å². The van der Waals surface area contributed by atoms with Crippen LogP contribution in [0.15, 0.2) is 48.5 Å². The summed E-state index contributed by atoms with van der Waals surface area (Å²) < 4.78 is 15.0. The molecule has 1 aliphatic rings. The number of carbonyl (C=O) groups is 3. The van der Waals surface area contributed by atoms with E-state index in [0.29, 0.717) is 18.5 Å². The third kappa shape index (κ3) is 8.69. The molecule has 1 aliphatic heterocycles. The van der Waals surface area contributed by atoms with E-state index in [1.807, 2.05) is 56.7 Å². The van der Waals surface area contributed by atoms with Gasteiger partial charge in [-0.1, -0.05) is 51.1 Å². The summed E-state index contributed by atoms with van der Waals surface area (Å²) in [7, 11) is 1.80. The van der Waals surface area contributed by atoms with E-state index in [9.17, 15) is 14.0 Å². The third-order valence-corrected chi connectivity index (χ3v) is 6.29. The number of aliphatic hydroxyl groups is 1. The minimum absolute atomic E-state index is 0.0431. The van der Waals surface area contributed by atoms with E-state index in [-0.39, 0.29) is 29.9 Å². The Morgan fingerprint density at radius 3 is 2.23 bits per heavy atom. The molecule has 3 N–H and O–H groups in total. The van der Waals surface area contributed by atoms with Crippen LogP contribution in [0.5, 0.6) is 0 Å². The van der Waals surface area contributed by atoms with Crippen LogP contribution in [-0.2, 0) is 16.1 Å². The van der Waals surface area contributed by atoms with Gasteiger partial charge in [-0.25, -0.2) is 4.39 Å². The molecular weight excluding hydrogens is 501 g/mol. The van der Waals surface area contributed by atoms with Crippen molar-refractivity contribution in [3.05, 3.63) is 65.6 Å². The lowest BCUT2D eigenvalue weighted by atomic mass is 9.85. The zero-order valence-corrected chi connectivity index (χ0v) is 23.2. The largest absolute Gasteiger partial charge is 0.395 e. The number of likely N-dealkylation sites (N-methyl/N-ethyl adjacent to an activating group) is 1. The predicted molar refractivity (Wildman–Crippen MR) is 150 cm³/mol. The molecule has 39 heavy (non-hydrogen) atoms. The standard InChI is InChI=1S/C25H29FN4O2.C3H9NO.CH2O/c1-25(2,3)22(24(32)29-14-6-7-15-29)27-23(31)21-19-8-4-5-9-20(19)30(28-21)16-17-10-12-18(26)13-11-17;1-4-2-3-5;1-2/h4-5,8-13,22H,6-7,14-16H2,1-3H3,(H,27,31);4-5H,2-3H2,1H3;1H2. The Hall–Kier alpha value is -3.63. The van der Waals surface area contributed by atoms with Crippen molar-refractivity contribution in [1.29, 1.82) is 0 Å². The van der Waals surface area contributed by atoms with E-state index < -0.39 is 11.5 Å². The number of carbonyl (C=O) groups excluding carboxylic acids is 3. The number of para-hydroxylation sites is 1. The van der Waals surface area contributed by atoms with Gasteiger partial charge in [0.2, 0.25) is 5.91 Å². The smallest absolute Gasteiger partial charge is 0.273 e. The normalized spacial score (nSPS) is 13.6. The summed E-state index contributed by atoms with van der Waals surface area (Å²) in [6.45, 7) is 10.7. The summed E-state index contributed by atoms with van der Waals surface area (Å²) in [5.74, 6) is -0.708. The molecule has 2 heterocycles. The van der Waals surface area contributed by atoms with Crippen molar-refractivity contribution in [2.24, 2.45) is 5.41 Å². The Kier molecular flexibility index (Phi) is 12.2. The van der Waals surface area contributed by atoms with E-state index in [4.69, 9.17) is 9.90 Å². The van der Waals surface area contributed by atoms with E-state index in [1.165, 1.54) is 12.1 Å². The number of hydrogen-bond donors (Lipinski definition) is 3. The molecule has 0 spiro atoms. The van der Waals surface area contributed by atoms with Crippen LogP contribution in [0, 0.1) is 11.2 Å². The van der Waals surface area contributed by atoms with Gasteiger partial charge in [-0.2, -0.15) is 5.10 Å². The number of nitrogens with one attached hydrogen (secondary N) is 2. The number of aliphatic hydroxyl groups excluding tert-OH is 1. The first-order valence-corrected chi connectivity index (χ1v) is 13.0. The van der Waals surface area contributed by atoms with Crippen molar-refractivity contribution in [2.45, 2.75) is 46.2 Å². The second-order valence-electron chi connectivity index (χ2n) is 10.3. The first kappa shape index (κ1) is 31.6. The number of aromatic nitrogens is 2. The molecule has 2 amide bonds. The van der Waals surface area contributed by atoms with Crippen LogP contribution in [-0.4, -0.2) is 77.7 Å². The monoisotopic (exact) mass is 541 g/mol. The van der Waals surface area contributed by atoms with Gasteiger partial charge in [0.05, 0.1) is 18.7 Å². The van der Waals surface area contributed by atoms with Crippen LogP contribution in [0.3, 0.4) is 0 Å². The summed E-state index contributed by atoms with van der Waals surface area (Å²) in [6, 6.07) is 13.1. The second-order valence-corrected chi connectivity index (χ2v) is 10.3. The SMILES string of the molecule is C=O.CC(C)(C)C(NC(=O)c1nn(Cc2ccc(F)cc2)c2ccccc12)C(=O)N1CCCC1.CNCCO. The van der Waals surface area contributed by atoms with Crippen molar-refractivity contribution in [3.8, 4) is 0 Å². The number of rotatable bonds is 7. The van der Waals surface area contributed by atoms with Gasteiger partial charge in [0.25, 0.3) is 5.91 Å². The van der Waals surface area contributed by atoms with Crippen LogP contribution < -0.4 is 10.6 Å². The van der Waals surface area contributed by atoms with Crippen LogP contribution in [0.2, 0.25) is 0 Å². The quantitative estimate of drug-likeness (QED) is 0.424. The molecule has 212 valence electrons. The molecule has 2 aromatic carbocycles. The highest BCUT2D eigenvalue weighted by molar-refractivity contribution is 6.06. The van der Waals surface area contributed by atoms with Gasteiger partial charge in [0.1, 0.15) is 18.6 Å². The number of fused-ring (bicyclic) bond motifs is 1. The van der Waals surface area contributed by atoms with Crippen molar-refractivity contribution < 1.29 is 23.9 Å². The number of amides is 2. The Bertz CT molecular complexity index is 1200. The average molecular weight is 542 g/mol. The van der Waals surface area contributed by atoms with Gasteiger partial charge < -0.3 is 25.4 Å². The van der Waals surface area contributed by atoms with E-state index in [0.717, 1.165) is 37.0 Å². The van der Waals surface area contributed by atoms with Crippen LogP contribution in [0.25, 0.3) is 10.9 Å². The molecule has 0 saturated carbocycles. The molecule has 9 nitrogen and oxygen atoms in total. The molecule has 1 unspecified atom stereocenters. The maximum absolute atomic E-state index is 13.3. The lowest BCUT2D eigenvalue weighted by Crippen LogP contribution is -2.54. The van der Waals surface area contributed by atoms with Crippen molar-refractivity contribution in [3.63, 3.8) is 0 Å². The fourth-order valence-electron chi connectivity index (χ4n) is 4.26. The van der Waals surface area contributed by atoms with Gasteiger partial charge in [-0.3, -0.25) is 14.3 Å². The fourth-order valence-corrected chi connectivity index (χ4v) is 4.26. The molecule has 4 rings (SSSR count). The van der Waals surface area contributed by atoms with E-state index in [1.54, 1.807) is 23.9 Å². The fraction of sp³-hybridized carbons (Fsp3) is 0.448. The highest BCUT2D eigenvalue weighted by Crippen LogP contribution is 2.25. The Labute approximate surface area is 229 Å². The van der Waals surface area contributed by atoms with Gasteiger partial charge in [0.15, 0.2) is 5.69 Å². The molecule has 0 radical (unpaired) electrons. The third-order valence-electron chi connectivity index (χ3n) is 6.29. The highest BCUT2D eigenvalue weighted by Gasteiger charge is 2.37. The number of halogens is 1.